The fourth-order valence-electron chi connectivity index (χ4n) is 3.42. The molecule has 3 aromatic heterocycles. The van der Waals surface area contributed by atoms with Gasteiger partial charge in [0.2, 0.25) is 11.8 Å². The van der Waals surface area contributed by atoms with E-state index >= 15 is 0 Å². The fourth-order valence-corrected chi connectivity index (χ4v) is 3.42. The highest BCUT2D eigenvalue weighted by atomic mass is 19.4. The van der Waals surface area contributed by atoms with Gasteiger partial charge >= 0.3 is 6.36 Å². The van der Waals surface area contributed by atoms with E-state index < -0.39 is 23.9 Å². The normalized spacial score (nSPS) is 11.0. The number of nitrogens with zero attached hydrogens (tertiary/aromatic N) is 5. The minimum absolute atomic E-state index is 0.00252. The summed E-state index contributed by atoms with van der Waals surface area (Å²) in [7, 11) is 1.32. The molecule has 3 heterocycles. The Balaban J connectivity index is 1.56. The summed E-state index contributed by atoms with van der Waals surface area (Å²) in [5.74, 6) is -1.39. The van der Waals surface area contributed by atoms with Crippen molar-refractivity contribution in [3.05, 3.63) is 66.0 Å². The first-order valence-corrected chi connectivity index (χ1v) is 10.9. The number of imidazole rings is 1. The number of halogens is 3. The molecular formula is C24H18F3N7O4. The second-order valence-electron chi connectivity index (χ2n) is 7.65. The second kappa shape index (κ2) is 10.8. The summed E-state index contributed by atoms with van der Waals surface area (Å²) in [5, 5.41) is 18.1. The minimum Gasteiger partial charge on any atom is -0.480 e. The van der Waals surface area contributed by atoms with Crippen molar-refractivity contribution < 1.29 is 32.2 Å². The van der Waals surface area contributed by atoms with Gasteiger partial charge in [0.15, 0.2) is 11.5 Å². The summed E-state index contributed by atoms with van der Waals surface area (Å²) >= 11 is 0. The molecule has 2 N–H and O–H groups in total. The van der Waals surface area contributed by atoms with Crippen LogP contribution in [0.4, 0.5) is 19.0 Å². The van der Waals surface area contributed by atoms with Gasteiger partial charge in [0.05, 0.1) is 25.1 Å². The van der Waals surface area contributed by atoms with Gasteiger partial charge in [-0.05, 0) is 24.3 Å². The van der Waals surface area contributed by atoms with Gasteiger partial charge in [0.25, 0.3) is 5.91 Å². The van der Waals surface area contributed by atoms with Crippen LogP contribution in [0.3, 0.4) is 0 Å². The molecule has 2 amide bonds. The first-order chi connectivity index (χ1) is 18.2. The van der Waals surface area contributed by atoms with Crippen molar-refractivity contribution in [2.24, 2.45) is 0 Å². The molecule has 0 spiro atoms. The predicted octanol–water partition coefficient (Wildman–Crippen LogP) is 3.48. The van der Waals surface area contributed by atoms with E-state index in [0.717, 1.165) is 6.07 Å². The lowest BCUT2D eigenvalue weighted by Crippen LogP contribution is -2.25. The zero-order valence-electron chi connectivity index (χ0n) is 19.6. The lowest BCUT2D eigenvalue weighted by molar-refractivity contribution is -0.274. The fraction of sp³-hybridized carbons (Fsp3) is 0.167. The Labute approximate surface area is 212 Å². The standard InChI is InChI=1S/C24H18F3N7O4/c1-37-23-16(22(36)29-11-14-4-2-3-5-18(14)38-24(25,26)27)10-15(12-30-23)17-6-7-20-31-19(13-34(20)33-17)32-21(35)8-9-28/h2-7,10,12-13H,8,11H2,1H3,(H,29,36)(H,32,35). The number of carbonyl (C=O) groups excluding carboxylic acids is 2. The number of aromatic nitrogens is 4. The van der Waals surface area contributed by atoms with Crippen LogP contribution in [0.5, 0.6) is 11.6 Å². The summed E-state index contributed by atoms with van der Waals surface area (Å²) in [6, 6.07) is 11.9. The van der Waals surface area contributed by atoms with E-state index in [2.05, 4.69) is 30.4 Å². The molecule has 194 valence electrons. The first kappa shape index (κ1) is 25.9. The Hall–Kier alpha value is -5.19. The number of ether oxygens (including phenoxy) is 2. The van der Waals surface area contributed by atoms with Crippen LogP contribution in [0.1, 0.15) is 22.3 Å². The average molecular weight is 525 g/mol. The lowest BCUT2D eigenvalue weighted by atomic mass is 10.1. The highest BCUT2D eigenvalue weighted by molar-refractivity contribution is 5.97. The van der Waals surface area contributed by atoms with E-state index in [-0.39, 0.29) is 35.8 Å². The maximum absolute atomic E-state index is 13.0. The number of fused-ring (bicyclic) bond motifs is 1. The minimum atomic E-state index is -4.88. The Morgan fingerprint density at radius 2 is 1.97 bits per heavy atom. The average Bonchev–Trinajstić information content (AvgIpc) is 3.28. The first-order valence-electron chi connectivity index (χ1n) is 10.9. The summed E-state index contributed by atoms with van der Waals surface area (Å²) in [4.78, 5) is 33.0. The topological polar surface area (TPSA) is 144 Å². The molecule has 0 radical (unpaired) electrons. The third-order valence-corrected chi connectivity index (χ3v) is 5.05. The highest BCUT2D eigenvalue weighted by Crippen LogP contribution is 2.27. The molecule has 0 aliphatic rings. The van der Waals surface area contributed by atoms with Crippen LogP contribution in [0.15, 0.2) is 54.9 Å². The number of anilines is 1. The number of nitriles is 1. The molecule has 11 nitrogen and oxygen atoms in total. The number of hydrogen-bond donors (Lipinski definition) is 2. The number of carbonyl (C=O) groups is 2. The van der Waals surface area contributed by atoms with Gasteiger partial charge in [-0.25, -0.2) is 14.5 Å². The molecule has 1 aromatic carbocycles. The third kappa shape index (κ3) is 6.13. The van der Waals surface area contributed by atoms with Crippen LogP contribution in [-0.2, 0) is 11.3 Å². The van der Waals surface area contributed by atoms with E-state index in [9.17, 15) is 22.8 Å². The number of methoxy groups -OCH3 is 1. The van der Waals surface area contributed by atoms with Crippen LogP contribution in [0.2, 0.25) is 0 Å². The van der Waals surface area contributed by atoms with Crippen molar-refractivity contribution in [2.45, 2.75) is 19.3 Å². The van der Waals surface area contributed by atoms with Crippen LogP contribution >= 0.6 is 0 Å². The largest absolute Gasteiger partial charge is 0.573 e. The molecule has 4 aromatic rings. The van der Waals surface area contributed by atoms with Crippen molar-refractivity contribution in [2.75, 3.05) is 12.4 Å². The quantitative estimate of drug-likeness (QED) is 0.356. The van der Waals surface area contributed by atoms with Gasteiger partial charge in [0.1, 0.15) is 17.7 Å². The zero-order valence-corrected chi connectivity index (χ0v) is 19.6. The molecule has 0 saturated heterocycles. The number of para-hydroxylation sites is 1. The summed E-state index contributed by atoms with van der Waals surface area (Å²) in [6.07, 6.45) is -2.31. The molecule has 4 rings (SSSR count). The number of amides is 2. The number of alkyl halides is 3. The number of hydrogen-bond acceptors (Lipinski definition) is 8. The zero-order chi connectivity index (χ0) is 27.3. The molecule has 0 atom stereocenters. The van der Waals surface area contributed by atoms with Crippen molar-refractivity contribution in [1.29, 1.82) is 5.26 Å². The molecule has 0 aliphatic carbocycles. The summed E-state index contributed by atoms with van der Waals surface area (Å²) in [6.45, 7) is -0.252. The molecular weight excluding hydrogens is 507 g/mol. The van der Waals surface area contributed by atoms with E-state index in [1.54, 1.807) is 18.2 Å². The van der Waals surface area contributed by atoms with Crippen LogP contribution in [-0.4, -0.2) is 44.9 Å². The Bertz CT molecular complexity index is 1550. The lowest BCUT2D eigenvalue weighted by Gasteiger charge is -2.14. The van der Waals surface area contributed by atoms with Crippen LogP contribution < -0.4 is 20.1 Å². The molecule has 0 fully saturated rings. The number of nitrogens with one attached hydrogen (secondary N) is 2. The van der Waals surface area contributed by atoms with Gasteiger partial charge in [0, 0.05) is 23.9 Å². The SMILES string of the molecule is COc1ncc(-c2ccc3nc(NC(=O)CC#N)cn3n2)cc1C(=O)NCc1ccccc1OC(F)(F)F. The van der Waals surface area contributed by atoms with E-state index in [1.165, 1.54) is 48.3 Å². The second-order valence-corrected chi connectivity index (χ2v) is 7.65. The van der Waals surface area contributed by atoms with Crippen LogP contribution in [0.25, 0.3) is 16.9 Å². The number of rotatable bonds is 8. The van der Waals surface area contributed by atoms with Gasteiger partial charge in [-0.1, -0.05) is 18.2 Å². The predicted molar refractivity (Wildman–Crippen MR) is 126 cm³/mol. The Morgan fingerprint density at radius 1 is 1.18 bits per heavy atom. The van der Waals surface area contributed by atoms with E-state index in [4.69, 9.17) is 10.00 Å². The number of benzene rings is 1. The van der Waals surface area contributed by atoms with Gasteiger partial charge in [-0.2, -0.15) is 10.4 Å². The van der Waals surface area contributed by atoms with E-state index in [0.29, 0.717) is 16.9 Å². The smallest absolute Gasteiger partial charge is 0.480 e. The maximum Gasteiger partial charge on any atom is 0.573 e. The molecule has 0 bridgehead atoms. The number of pyridine rings is 1. The maximum atomic E-state index is 13.0. The van der Waals surface area contributed by atoms with Gasteiger partial charge in [-0.3, -0.25) is 9.59 Å². The Kier molecular flexibility index (Phi) is 7.38. The molecule has 38 heavy (non-hydrogen) atoms. The molecule has 0 unspecified atom stereocenters. The highest BCUT2D eigenvalue weighted by Gasteiger charge is 2.32. The van der Waals surface area contributed by atoms with Crippen molar-refractivity contribution in [3.8, 4) is 29.0 Å². The van der Waals surface area contributed by atoms with Crippen molar-refractivity contribution in [3.63, 3.8) is 0 Å². The third-order valence-electron chi connectivity index (χ3n) is 5.05. The monoisotopic (exact) mass is 525 g/mol. The van der Waals surface area contributed by atoms with Crippen molar-refractivity contribution >= 4 is 23.3 Å². The molecule has 14 heteroatoms. The van der Waals surface area contributed by atoms with Crippen LogP contribution in [0, 0.1) is 11.3 Å². The molecule has 0 saturated carbocycles. The summed E-state index contributed by atoms with van der Waals surface area (Å²) < 4.78 is 48.7. The van der Waals surface area contributed by atoms with Gasteiger partial charge < -0.3 is 20.1 Å². The molecule has 0 aliphatic heterocycles. The summed E-state index contributed by atoms with van der Waals surface area (Å²) in [5.41, 5.74) is 1.39. The Morgan fingerprint density at radius 3 is 2.71 bits per heavy atom. The van der Waals surface area contributed by atoms with Gasteiger partial charge in [-0.15, -0.1) is 13.2 Å². The van der Waals surface area contributed by atoms with Crippen molar-refractivity contribution in [1.82, 2.24) is 24.9 Å². The van der Waals surface area contributed by atoms with E-state index in [1.807, 2.05) is 0 Å².